The molecule has 25 heavy (non-hydrogen) atoms. The Morgan fingerprint density at radius 3 is 2.68 bits per heavy atom. The van der Waals surface area contributed by atoms with E-state index in [0.717, 1.165) is 5.56 Å². The van der Waals surface area contributed by atoms with E-state index in [1.165, 1.54) is 0 Å². The molecule has 1 aromatic heterocycles. The number of hydrogen-bond acceptors (Lipinski definition) is 6. The van der Waals surface area contributed by atoms with Crippen molar-refractivity contribution in [1.82, 2.24) is 14.9 Å². The Morgan fingerprint density at radius 2 is 1.92 bits per heavy atom. The average Bonchev–Trinajstić information content (AvgIpc) is 3.10. The normalized spacial score (nSPS) is 11.4. The molecule has 0 unspecified atom stereocenters. The maximum Gasteiger partial charge on any atom is 0.242 e. The smallest absolute Gasteiger partial charge is 0.242 e. The summed E-state index contributed by atoms with van der Waals surface area (Å²) in [6.45, 7) is -0.0634. The van der Waals surface area contributed by atoms with Crippen molar-refractivity contribution in [3.8, 4) is 17.1 Å². The highest BCUT2D eigenvalue weighted by Gasteiger charge is 2.15. The van der Waals surface area contributed by atoms with Crippen molar-refractivity contribution < 1.29 is 17.7 Å². The van der Waals surface area contributed by atoms with Gasteiger partial charge in [0.05, 0.1) is 19.4 Å². The van der Waals surface area contributed by atoms with E-state index in [2.05, 4.69) is 14.9 Å². The van der Waals surface area contributed by atoms with Gasteiger partial charge in [0.2, 0.25) is 21.7 Å². The zero-order valence-electron chi connectivity index (χ0n) is 13.5. The number of rotatable bonds is 7. The molecule has 7 nitrogen and oxygen atoms in total. The number of methoxy groups -OCH3 is 1. The van der Waals surface area contributed by atoms with Crippen molar-refractivity contribution in [1.29, 1.82) is 0 Å². The largest absolute Gasteiger partial charge is 0.497 e. The maximum absolute atomic E-state index is 12.1. The van der Waals surface area contributed by atoms with E-state index in [1.54, 1.807) is 37.4 Å². The molecule has 0 spiro atoms. The third-order valence-electron chi connectivity index (χ3n) is 3.44. The van der Waals surface area contributed by atoms with E-state index in [0.29, 0.717) is 17.1 Å². The molecule has 8 heteroatoms. The summed E-state index contributed by atoms with van der Waals surface area (Å²) in [5, 5.41) is 3.87. The Labute approximate surface area is 145 Å². The van der Waals surface area contributed by atoms with Gasteiger partial charge in [-0.3, -0.25) is 0 Å². The van der Waals surface area contributed by atoms with Gasteiger partial charge < -0.3 is 9.26 Å². The van der Waals surface area contributed by atoms with Crippen LogP contribution >= 0.6 is 0 Å². The van der Waals surface area contributed by atoms with Gasteiger partial charge in [-0.25, -0.2) is 13.1 Å². The molecule has 3 aromatic rings. The quantitative estimate of drug-likeness (QED) is 0.696. The highest BCUT2D eigenvalue weighted by Crippen LogP contribution is 2.21. The standard InChI is InChI=1S/C17H17N3O4S/c1-23-15-9-5-8-14(10-15)17-19-16(24-20-17)11-18-25(21,22)12-13-6-3-2-4-7-13/h2-10,18H,11-12H2,1H3. The van der Waals surface area contributed by atoms with Crippen LogP contribution < -0.4 is 9.46 Å². The van der Waals surface area contributed by atoms with Crippen molar-refractivity contribution in [2.24, 2.45) is 0 Å². The zero-order valence-corrected chi connectivity index (χ0v) is 14.4. The summed E-state index contributed by atoms with van der Waals surface area (Å²) in [5.41, 5.74) is 1.43. The molecule has 2 aromatic carbocycles. The van der Waals surface area contributed by atoms with Crippen LogP contribution in [0.3, 0.4) is 0 Å². The highest BCUT2D eigenvalue weighted by atomic mass is 32.2. The average molecular weight is 359 g/mol. The summed E-state index contributed by atoms with van der Waals surface area (Å²) < 4.78 is 37.0. The lowest BCUT2D eigenvalue weighted by Gasteiger charge is -2.04. The Hall–Kier alpha value is -2.71. The Balaban J connectivity index is 1.65. The molecule has 0 saturated heterocycles. The molecule has 0 atom stereocenters. The molecule has 0 aliphatic heterocycles. The van der Waals surface area contributed by atoms with E-state index >= 15 is 0 Å². The third-order valence-corrected chi connectivity index (χ3v) is 4.74. The van der Waals surface area contributed by atoms with Crippen LogP contribution in [0.2, 0.25) is 0 Å². The van der Waals surface area contributed by atoms with Crippen LogP contribution in [0.4, 0.5) is 0 Å². The van der Waals surface area contributed by atoms with E-state index in [-0.39, 0.29) is 18.2 Å². The van der Waals surface area contributed by atoms with Crippen LogP contribution in [-0.2, 0) is 22.3 Å². The molecule has 0 bridgehead atoms. The third kappa shape index (κ3) is 4.65. The van der Waals surface area contributed by atoms with E-state index in [4.69, 9.17) is 9.26 Å². The highest BCUT2D eigenvalue weighted by molar-refractivity contribution is 7.88. The molecule has 0 amide bonds. The molecule has 0 saturated carbocycles. The van der Waals surface area contributed by atoms with Crippen LogP contribution in [-0.4, -0.2) is 25.7 Å². The van der Waals surface area contributed by atoms with Gasteiger partial charge in [0.25, 0.3) is 0 Å². The van der Waals surface area contributed by atoms with Crippen LogP contribution in [0.1, 0.15) is 11.5 Å². The minimum absolute atomic E-state index is 0.0634. The van der Waals surface area contributed by atoms with E-state index < -0.39 is 10.0 Å². The van der Waals surface area contributed by atoms with Crippen LogP contribution in [0.5, 0.6) is 5.75 Å². The summed E-state index contributed by atoms with van der Waals surface area (Å²) >= 11 is 0. The van der Waals surface area contributed by atoms with Gasteiger partial charge in [0.1, 0.15) is 5.75 Å². The SMILES string of the molecule is COc1cccc(-c2noc(CNS(=O)(=O)Cc3ccccc3)n2)c1. The lowest BCUT2D eigenvalue weighted by atomic mass is 10.2. The second kappa shape index (κ2) is 7.45. The minimum atomic E-state index is -3.50. The van der Waals surface area contributed by atoms with E-state index in [9.17, 15) is 8.42 Å². The fourth-order valence-corrected chi connectivity index (χ4v) is 3.30. The first-order valence-corrected chi connectivity index (χ1v) is 9.19. The number of nitrogens with zero attached hydrogens (tertiary/aromatic N) is 2. The summed E-state index contributed by atoms with van der Waals surface area (Å²) in [7, 11) is -1.92. The summed E-state index contributed by atoms with van der Waals surface area (Å²) in [6.07, 6.45) is 0. The molecule has 0 fully saturated rings. The van der Waals surface area contributed by atoms with E-state index in [1.807, 2.05) is 24.3 Å². The molecule has 0 aliphatic carbocycles. The molecule has 3 rings (SSSR count). The lowest BCUT2D eigenvalue weighted by molar-refractivity contribution is 0.376. The van der Waals surface area contributed by atoms with Crippen LogP contribution in [0, 0.1) is 0 Å². The van der Waals surface area contributed by atoms with Gasteiger partial charge in [0.15, 0.2) is 0 Å². The Bertz CT molecular complexity index is 939. The van der Waals surface area contributed by atoms with Crippen LogP contribution in [0.25, 0.3) is 11.4 Å². The summed E-state index contributed by atoms with van der Waals surface area (Å²) in [5.74, 6) is 1.13. The van der Waals surface area contributed by atoms with Gasteiger partial charge in [0, 0.05) is 5.56 Å². The molecular weight excluding hydrogens is 342 g/mol. The van der Waals surface area contributed by atoms with Crippen molar-refractivity contribution in [3.05, 3.63) is 66.1 Å². The number of benzene rings is 2. The van der Waals surface area contributed by atoms with Crippen molar-refractivity contribution in [2.75, 3.05) is 7.11 Å². The number of hydrogen-bond donors (Lipinski definition) is 1. The minimum Gasteiger partial charge on any atom is -0.497 e. The van der Waals surface area contributed by atoms with Crippen molar-refractivity contribution in [3.63, 3.8) is 0 Å². The first kappa shape index (κ1) is 17.1. The molecule has 1 N–H and O–H groups in total. The summed E-state index contributed by atoms with van der Waals surface area (Å²) in [6, 6.07) is 16.1. The molecule has 130 valence electrons. The number of sulfonamides is 1. The fraction of sp³-hybridized carbons (Fsp3) is 0.176. The predicted molar refractivity (Wildman–Crippen MR) is 92.2 cm³/mol. The monoisotopic (exact) mass is 359 g/mol. The molecule has 1 heterocycles. The Morgan fingerprint density at radius 1 is 1.12 bits per heavy atom. The van der Waals surface area contributed by atoms with Gasteiger partial charge in [-0.05, 0) is 17.7 Å². The molecule has 0 radical (unpaired) electrons. The lowest BCUT2D eigenvalue weighted by Crippen LogP contribution is -2.24. The first-order chi connectivity index (χ1) is 12.1. The molecular formula is C17H17N3O4S. The second-order valence-electron chi connectivity index (χ2n) is 5.31. The topological polar surface area (TPSA) is 94.3 Å². The maximum atomic E-state index is 12.1. The second-order valence-corrected chi connectivity index (χ2v) is 7.12. The van der Waals surface area contributed by atoms with Gasteiger partial charge in [-0.2, -0.15) is 4.98 Å². The summed E-state index contributed by atoms with van der Waals surface area (Å²) in [4.78, 5) is 4.21. The number of nitrogens with one attached hydrogen (secondary N) is 1. The fourth-order valence-electron chi connectivity index (χ4n) is 2.22. The van der Waals surface area contributed by atoms with Gasteiger partial charge in [-0.15, -0.1) is 0 Å². The van der Waals surface area contributed by atoms with Gasteiger partial charge >= 0.3 is 0 Å². The zero-order chi connectivity index (χ0) is 17.7. The van der Waals surface area contributed by atoms with Crippen LogP contribution in [0.15, 0.2) is 59.1 Å². The number of ether oxygens (including phenoxy) is 1. The molecule has 0 aliphatic rings. The number of aromatic nitrogens is 2. The predicted octanol–water partition coefficient (Wildman–Crippen LogP) is 2.36. The van der Waals surface area contributed by atoms with Crippen molar-refractivity contribution in [2.45, 2.75) is 12.3 Å². The van der Waals surface area contributed by atoms with Gasteiger partial charge in [-0.1, -0.05) is 47.6 Å². The first-order valence-electron chi connectivity index (χ1n) is 7.54. The van der Waals surface area contributed by atoms with Crippen molar-refractivity contribution >= 4 is 10.0 Å². The Kier molecular flexibility index (Phi) is 5.11.